The molecule has 1 aliphatic rings. The maximum atomic E-state index is 12.4. The summed E-state index contributed by atoms with van der Waals surface area (Å²) in [5.74, 6) is -0.167. The fourth-order valence-corrected chi connectivity index (χ4v) is 2.74. The fraction of sp³-hybridized carbons (Fsp3) is 0.250. The third kappa shape index (κ3) is 4.67. The average Bonchev–Trinajstić information content (AvgIpc) is 2.67. The van der Waals surface area contributed by atoms with Gasteiger partial charge in [-0.15, -0.1) is 0 Å². The Morgan fingerprint density at radius 1 is 1.08 bits per heavy atom. The van der Waals surface area contributed by atoms with Gasteiger partial charge in [0.1, 0.15) is 5.75 Å². The number of carbonyl (C=O) groups is 1. The number of hydrogen-bond acceptors (Lipinski definition) is 4. The Balaban J connectivity index is 1.69. The van der Waals surface area contributed by atoms with Gasteiger partial charge in [-0.2, -0.15) is 8.78 Å². The number of alkyl halides is 2. The summed E-state index contributed by atoms with van der Waals surface area (Å²) in [5, 5.41) is 0. The molecule has 0 unspecified atom stereocenters. The quantitative estimate of drug-likeness (QED) is 0.577. The van der Waals surface area contributed by atoms with Crippen LogP contribution in [0.3, 0.4) is 0 Å². The lowest BCUT2D eigenvalue weighted by Gasteiger charge is -2.28. The highest BCUT2D eigenvalue weighted by Crippen LogP contribution is 2.22. The molecular formula is C20H19F2NO3. The zero-order valence-corrected chi connectivity index (χ0v) is 14.1. The van der Waals surface area contributed by atoms with E-state index < -0.39 is 6.61 Å². The maximum Gasteiger partial charge on any atom is 0.387 e. The normalized spacial score (nSPS) is 14.8. The van der Waals surface area contributed by atoms with Crippen molar-refractivity contribution in [2.24, 2.45) is 0 Å². The molecule has 0 aliphatic carbocycles. The van der Waals surface area contributed by atoms with Gasteiger partial charge < -0.3 is 14.4 Å². The number of morpholine rings is 1. The van der Waals surface area contributed by atoms with Crippen LogP contribution in [0.4, 0.5) is 14.5 Å². The van der Waals surface area contributed by atoms with Crippen molar-refractivity contribution in [1.29, 1.82) is 0 Å². The van der Waals surface area contributed by atoms with Crippen molar-refractivity contribution in [3.8, 4) is 5.75 Å². The molecule has 136 valence electrons. The number of rotatable bonds is 6. The number of anilines is 1. The minimum absolute atomic E-state index is 0.0363. The first-order valence-electron chi connectivity index (χ1n) is 8.32. The highest BCUT2D eigenvalue weighted by atomic mass is 19.3. The molecule has 0 N–H and O–H groups in total. The summed E-state index contributed by atoms with van der Waals surface area (Å²) in [4.78, 5) is 14.5. The molecule has 0 saturated carbocycles. The maximum absolute atomic E-state index is 12.4. The van der Waals surface area contributed by atoms with E-state index in [1.54, 1.807) is 30.3 Å². The van der Waals surface area contributed by atoms with E-state index in [0.717, 1.165) is 18.8 Å². The van der Waals surface area contributed by atoms with Crippen LogP contribution in [-0.4, -0.2) is 38.7 Å². The molecule has 0 amide bonds. The van der Waals surface area contributed by atoms with Crippen LogP contribution < -0.4 is 9.64 Å². The molecule has 2 aromatic carbocycles. The first kappa shape index (κ1) is 18.1. The van der Waals surface area contributed by atoms with Gasteiger partial charge in [-0.25, -0.2) is 0 Å². The first-order valence-corrected chi connectivity index (χ1v) is 8.32. The van der Waals surface area contributed by atoms with Crippen LogP contribution in [-0.2, 0) is 4.74 Å². The Labute approximate surface area is 150 Å². The van der Waals surface area contributed by atoms with Gasteiger partial charge in [-0.05, 0) is 42.5 Å². The predicted octanol–water partition coefficient (Wildman–Crippen LogP) is 4.02. The number of nitrogens with zero attached hydrogens (tertiary/aromatic N) is 1. The molecule has 26 heavy (non-hydrogen) atoms. The van der Waals surface area contributed by atoms with Crippen molar-refractivity contribution in [2.75, 3.05) is 31.2 Å². The second-order valence-electron chi connectivity index (χ2n) is 5.76. The molecule has 1 fully saturated rings. The predicted molar refractivity (Wildman–Crippen MR) is 95.9 cm³/mol. The van der Waals surface area contributed by atoms with Gasteiger partial charge in [0, 0.05) is 29.9 Å². The third-order valence-corrected chi connectivity index (χ3v) is 4.08. The Morgan fingerprint density at radius 3 is 2.46 bits per heavy atom. The van der Waals surface area contributed by atoms with E-state index in [1.165, 1.54) is 18.2 Å². The number of ether oxygens (including phenoxy) is 2. The number of hydrogen-bond donors (Lipinski definition) is 0. The molecule has 2 aromatic rings. The SMILES string of the molecule is O=C(C=Cc1ccccc1OC(F)F)c1ccc(N2CCOCC2)cc1. The van der Waals surface area contributed by atoms with Crippen LogP contribution in [0, 0.1) is 0 Å². The largest absolute Gasteiger partial charge is 0.434 e. The van der Waals surface area contributed by atoms with Crippen LogP contribution in [0.2, 0.25) is 0 Å². The Bertz CT molecular complexity index is 769. The van der Waals surface area contributed by atoms with Crippen LogP contribution in [0.15, 0.2) is 54.6 Å². The fourth-order valence-electron chi connectivity index (χ4n) is 2.74. The van der Waals surface area contributed by atoms with Crippen molar-refractivity contribution in [3.63, 3.8) is 0 Å². The third-order valence-electron chi connectivity index (χ3n) is 4.08. The van der Waals surface area contributed by atoms with E-state index in [4.69, 9.17) is 4.74 Å². The monoisotopic (exact) mass is 359 g/mol. The van der Waals surface area contributed by atoms with Crippen LogP contribution >= 0.6 is 0 Å². The zero-order valence-electron chi connectivity index (χ0n) is 14.1. The van der Waals surface area contributed by atoms with Gasteiger partial charge in [-0.1, -0.05) is 18.2 Å². The van der Waals surface area contributed by atoms with Gasteiger partial charge in [0.25, 0.3) is 0 Å². The molecule has 0 aromatic heterocycles. The summed E-state index contributed by atoms with van der Waals surface area (Å²) < 4.78 is 34.6. The molecule has 1 heterocycles. The summed E-state index contributed by atoms with van der Waals surface area (Å²) in [6, 6.07) is 13.7. The minimum atomic E-state index is -2.91. The Kier molecular flexibility index (Phi) is 5.96. The molecule has 0 atom stereocenters. The molecular weight excluding hydrogens is 340 g/mol. The van der Waals surface area contributed by atoms with Crippen LogP contribution in [0.25, 0.3) is 6.08 Å². The molecule has 0 spiro atoms. The van der Waals surface area contributed by atoms with E-state index in [9.17, 15) is 13.6 Å². The standard InChI is InChI=1S/C20H19F2NO3/c21-20(22)26-19-4-2-1-3-16(19)7-10-18(24)15-5-8-17(9-6-15)23-11-13-25-14-12-23/h1-10,20H,11-14H2. The minimum Gasteiger partial charge on any atom is -0.434 e. The number of halogens is 2. The van der Waals surface area contributed by atoms with Gasteiger partial charge in [0.2, 0.25) is 0 Å². The summed E-state index contributed by atoms with van der Waals surface area (Å²) in [5.41, 5.74) is 2.00. The summed E-state index contributed by atoms with van der Waals surface area (Å²) in [6.07, 6.45) is 2.84. The van der Waals surface area contributed by atoms with Crippen molar-refractivity contribution >= 4 is 17.5 Å². The Morgan fingerprint density at radius 2 is 1.77 bits per heavy atom. The van der Waals surface area contributed by atoms with Crippen molar-refractivity contribution in [2.45, 2.75) is 6.61 Å². The van der Waals surface area contributed by atoms with Crippen molar-refractivity contribution in [3.05, 3.63) is 65.7 Å². The second kappa shape index (κ2) is 8.58. The van der Waals surface area contributed by atoms with E-state index in [1.807, 2.05) is 12.1 Å². The molecule has 1 saturated heterocycles. The lowest BCUT2D eigenvalue weighted by atomic mass is 10.1. The number of benzene rings is 2. The lowest BCUT2D eigenvalue weighted by molar-refractivity contribution is -0.0499. The summed E-state index contributed by atoms with van der Waals surface area (Å²) in [6.45, 7) is 0.142. The smallest absolute Gasteiger partial charge is 0.387 e. The molecule has 0 bridgehead atoms. The lowest BCUT2D eigenvalue weighted by Crippen LogP contribution is -2.36. The van der Waals surface area contributed by atoms with Gasteiger partial charge in [0.05, 0.1) is 13.2 Å². The van der Waals surface area contributed by atoms with Crippen LogP contribution in [0.5, 0.6) is 5.75 Å². The highest BCUT2D eigenvalue weighted by molar-refractivity contribution is 6.07. The number of para-hydroxylation sites is 1. The number of ketones is 1. The topological polar surface area (TPSA) is 38.8 Å². The van der Waals surface area contributed by atoms with Crippen molar-refractivity contribution < 1.29 is 23.0 Å². The number of carbonyl (C=O) groups excluding carboxylic acids is 1. The van der Waals surface area contributed by atoms with Gasteiger partial charge in [-0.3, -0.25) is 4.79 Å². The molecule has 3 rings (SSSR count). The van der Waals surface area contributed by atoms with Crippen molar-refractivity contribution in [1.82, 2.24) is 0 Å². The second-order valence-corrected chi connectivity index (χ2v) is 5.76. The zero-order chi connectivity index (χ0) is 18.4. The van der Waals surface area contributed by atoms with Gasteiger partial charge >= 0.3 is 6.61 Å². The summed E-state index contributed by atoms with van der Waals surface area (Å²) in [7, 11) is 0. The first-order chi connectivity index (χ1) is 12.6. The average molecular weight is 359 g/mol. The molecule has 4 nitrogen and oxygen atoms in total. The number of allylic oxidation sites excluding steroid dienone is 1. The molecule has 6 heteroatoms. The van der Waals surface area contributed by atoms with E-state index in [2.05, 4.69) is 9.64 Å². The van der Waals surface area contributed by atoms with E-state index >= 15 is 0 Å². The summed E-state index contributed by atoms with van der Waals surface area (Å²) >= 11 is 0. The van der Waals surface area contributed by atoms with E-state index in [0.29, 0.717) is 24.3 Å². The highest BCUT2D eigenvalue weighted by Gasteiger charge is 2.12. The van der Waals surface area contributed by atoms with E-state index in [-0.39, 0.29) is 11.5 Å². The molecule has 1 aliphatic heterocycles. The van der Waals surface area contributed by atoms with Crippen LogP contribution in [0.1, 0.15) is 15.9 Å². The Hall–Kier alpha value is -2.73. The van der Waals surface area contributed by atoms with Gasteiger partial charge in [0.15, 0.2) is 5.78 Å². The molecule has 0 radical (unpaired) electrons.